The van der Waals surface area contributed by atoms with Crippen molar-refractivity contribution >= 4 is 12.4 Å². The molecule has 0 radical (unpaired) electrons. The Labute approximate surface area is 109 Å². The molecule has 0 aliphatic carbocycles. The van der Waals surface area contributed by atoms with E-state index in [2.05, 4.69) is 17.4 Å². The van der Waals surface area contributed by atoms with Crippen molar-refractivity contribution in [3.05, 3.63) is 29.8 Å². The van der Waals surface area contributed by atoms with Gasteiger partial charge in [-0.3, -0.25) is 0 Å². The Morgan fingerprint density at radius 1 is 1.35 bits per heavy atom. The number of ether oxygens (including phenoxy) is 1. The molecular formula is C13H20ClNO2. The fourth-order valence-corrected chi connectivity index (χ4v) is 1.99. The Morgan fingerprint density at radius 2 is 2.18 bits per heavy atom. The van der Waals surface area contributed by atoms with Gasteiger partial charge in [-0.05, 0) is 37.4 Å². The number of aliphatic hydroxyl groups is 1. The second-order valence-corrected chi connectivity index (χ2v) is 4.17. The van der Waals surface area contributed by atoms with Crippen LogP contribution in [0.5, 0.6) is 5.75 Å². The van der Waals surface area contributed by atoms with E-state index < -0.39 is 0 Å². The minimum atomic E-state index is 0. The van der Waals surface area contributed by atoms with Crippen LogP contribution >= 0.6 is 12.4 Å². The molecule has 0 saturated carbocycles. The monoisotopic (exact) mass is 257 g/mol. The highest BCUT2D eigenvalue weighted by molar-refractivity contribution is 5.85. The number of halogens is 1. The Balaban J connectivity index is 0.00000144. The van der Waals surface area contributed by atoms with Crippen LogP contribution in [-0.4, -0.2) is 30.9 Å². The van der Waals surface area contributed by atoms with E-state index in [0.29, 0.717) is 0 Å². The molecule has 0 bridgehead atoms. The molecule has 0 aromatic heterocycles. The summed E-state index contributed by atoms with van der Waals surface area (Å²) in [7, 11) is 0. The fraction of sp³-hybridized carbons (Fsp3) is 0.538. The fourth-order valence-electron chi connectivity index (χ4n) is 1.99. The zero-order valence-electron chi connectivity index (χ0n) is 9.89. The van der Waals surface area contributed by atoms with Crippen molar-refractivity contribution in [3.8, 4) is 5.75 Å². The van der Waals surface area contributed by atoms with Crippen LogP contribution in [0.25, 0.3) is 0 Å². The third kappa shape index (κ3) is 4.19. The lowest BCUT2D eigenvalue weighted by Gasteiger charge is -2.26. The molecule has 1 aromatic carbocycles. The molecule has 96 valence electrons. The van der Waals surface area contributed by atoms with E-state index in [9.17, 15) is 0 Å². The van der Waals surface area contributed by atoms with Gasteiger partial charge in [0.1, 0.15) is 11.9 Å². The zero-order chi connectivity index (χ0) is 11.2. The number of aryl methyl sites for hydroxylation is 1. The lowest BCUT2D eigenvalue weighted by atomic mass is 10.0. The second-order valence-electron chi connectivity index (χ2n) is 4.17. The summed E-state index contributed by atoms with van der Waals surface area (Å²) < 4.78 is 5.89. The number of para-hydroxylation sites is 1. The van der Waals surface area contributed by atoms with Crippen LogP contribution in [0.15, 0.2) is 24.3 Å². The van der Waals surface area contributed by atoms with Gasteiger partial charge in [0, 0.05) is 13.2 Å². The lowest BCUT2D eigenvalue weighted by Crippen LogP contribution is -2.34. The first-order valence-corrected chi connectivity index (χ1v) is 5.96. The predicted octanol–water partition coefficient (Wildman–Crippen LogP) is 1.77. The van der Waals surface area contributed by atoms with Gasteiger partial charge < -0.3 is 15.2 Å². The molecule has 3 nitrogen and oxygen atoms in total. The van der Waals surface area contributed by atoms with Crippen LogP contribution in [0.2, 0.25) is 0 Å². The first-order valence-electron chi connectivity index (χ1n) is 5.96. The molecule has 0 amide bonds. The molecule has 2 N–H and O–H groups in total. The average Bonchev–Trinajstić information content (AvgIpc) is 2.34. The molecule has 2 rings (SSSR count). The Bertz CT molecular complexity index is 333. The summed E-state index contributed by atoms with van der Waals surface area (Å²) in [6.07, 6.45) is 3.25. The van der Waals surface area contributed by atoms with Gasteiger partial charge in [0.05, 0.1) is 0 Å². The van der Waals surface area contributed by atoms with Crippen LogP contribution in [0.1, 0.15) is 18.4 Å². The normalized spacial score (nSPS) is 17.8. The lowest BCUT2D eigenvalue weighted by molar-refractivity contribution is 0.169. The predicted molar refractivity (Wildman–Crippen MR) is 71.0 cm³/mol. The smallest absolute Gasteiger partial charge is 0.122 e. The maximum Gasteiger partial charge on any atom is 0.122 e. The number of fused-ring (bicyclic) bond motifs is 1. The van der Waals surface area contributed by atoms with Crippen molar-refractivity contribution in [2.45, 2.75) is 25.4 Å². The summed E-state index contributed by atoms with van der Waals surface area (Å²) in [4.78, 5) is 0. The highest BCUT2D eigenvalue weighted by Crippen LogP contribution is 2.26. The molecule has 1 aromatic rings. The van der Waals surface area contributed by atoms with Crippen LogP contribution in [0.3, 0.4) is 0 Å². The van der Waals surface area contributed by atoms with Crippen LogP contribution < -0.4 is 10.1 Å². The first-order chi connectivity index (χ1) is 7.90. The maximum atomic E-state index is 8.66. The topological polar surface area (TPSA) is 41.5 Å². The van der Waals surface area contributed by atoms with Gasteiger partial charge in [-0.2, -0.15) is 0 Å². The van der Waals surface area contributed by atoms with Crippen LogP contribution in [0, 0.1) is 0 Å². The van der Waals surface area contributed by atoms with E-state index in [-0.39, 0.29) is 25.1 Å². The number of benzene rings is 1. The molecule has 1 unspecified atom stereocenters. The van der Waals surface area contributed by atoms with Crippen molar-refractivity contribution in [1.29, 1.82) is 0 Å². The quantitative estimate of drug-likeness (QED) is 0.790. The number of aliphatic hydroxyl groups excluding tert-OH is 1. The van der Waals surface area contributed by atoms with Gasteiger partial charge in [-0.1, -0.05) is 18.2 Å². The van der Waals surface area contributed by atoms with E-state index in [4.69, 9.17) is 9.84 Å². The van der Waals surface area contributed by atoms with Crippen LogP contribution in [0.4, 0.5) is 0 Å². The van der Waals surface area contributed by atoms with Crippen molar-refractivity contribution in [2.75, 3.05) is 19.7 Å². The Kier molecular flexibility index (Phi) is 6.34. The van der Waals surface area contributed by atoms with Crippen molar-refractivity contribution in [3.63, 3.8) is 0 Å². The third-order valence-corrected chi connectivity index (χ3v) is 2.89. The standard InChI is InChI=1S/C13H19NO2.ClH/c15-9-3-8-14-10-12-7-6-11-4-1-2-5-13(11)16-12;/h1-2,4-5,12,14-15H,3,6-10H2;1H. The number of hydrogen-bond donors (Lipinski definition) is 2. The second kappa shape index (κ2) is 7.54. The number of hydrogen-bond acceptors (Lipinski definition) is 3. The maximum absolute atomic E-state index is 8.66. The van der Waals surface area contributed by atoms with Gasteiger partial charge in [0.2, 0.25) is 0 Å². The molecule has 1 aliphatic heterocycles. The minimum absolute atomic E-state index is 0. The van der Waals surface area contributed by atoms with Gasteiger partial charge in [-0.25, -0.2) is 0 Å². The van der Waals surface area contributed by atoms with Gasteiger partial charge in [0.25, 0.3) is 0 Å². The summed E-state index contributed by atoms with van der Waals surface area (Å²) >= 11 is 0. The molecule has 0 spiro atoms. The summed E-state index contributed by atoms with van der Waals surface area (Å²) in [6.45, 7) is 1.98. The minimum Gasteiger partial charge on any atom is -0.489 e. The summed E-state index contributed by atoms with van der Waals surface area (Å²) in [5, 5.41) is 12.0. The zero-order valence-corrected chi connectivity index (χ0v) is 10.7. The van der Waals surface area contributed by atoms with E-state index in [1.54, 1.807) is 0 Å². The van der Waals surface area contributed by atoms with E-state index in [1.165, 1.54) is 5.56 Å². The molecule has 1 atom stereocenters. The molecule has 0 fully saturated rings. The third-order valence-electron chi connectivity index (χ3n) is 2.89. The van der Waals surface area contributed by atoms with E-state index >= 15 is 0 Å². The summed E-state index contributed by atoms with van der Waals surface area (Å²) in [6, 6.07) is 8.24. The van der Waals surface area contributed by atoms with E-state index in [0.717, 1.165) is 38.1 Å². The highest BCUT2D eigenvalue weighted by atomic mass is 35.5. The number of rotatable bonds is 5. The van der Waals surface area contributed by atoms with Crippen molar-refractivity contribution in [2.24, 2.45) is 0 Å². The van der Waals surface area contributed by atoms with E-state index in [1.807, 2.05) is 12.1 Å². The summed E-state index contributed by atoms with van der Waals surface area (Å²) in [5.74, 6) is 1.03. The highest BCUT2D eigenvalue weighted by Gasteiger charge is 2.18. The molecule has 0 saturated heterocycles. The van der Waals surface area contributed by atoms with Crippen molar-refractivity contribution in [1.82, 2.24) is 5.32 Å². The summed E-state index contributed by atoms with van der Waals surface area (Å²) in [5.41, 5.74) is 1.31. The number of nitrogens with one attached hydrogen (secondary N) is 1. The Hall–Kier alpha value is -0.770. The van der Waals surface area contributed by atoms with Crippen LogP contribution in [-0.2, 0) is 6.42 Å². The van der Waals surface area contributed by atoms with Gasteiger partial charge in [-0.15, -0.1) is 12.4 Å². The molecule has 17 heavy (non-hydrogen) atoms. The molecular weight excluding hydrogens is 238 g/mol. The first kappa shape index (κ1) is 14.3. The van der Waals surface area contributed by atoms with Crippen molar-refractivity contribution < 1.29 is 9.84 Å². The largest absolute Gasteiger partial charge is 0.489 e. The SMILES string of the molecule is Cl.OCCCNCC1CCc2ccccc2O1. The average molecular weight is 258 g/mol. The molecule has 4 heteroatoms. The van der Waals surface area contributed by atoms with Gasteiger partial charge in [0.15, 0.2) is 0 Å². The Morgan fingerprint density at radius 3 is 3.00 bits per heavy atom. The molecule has 1 heterocycles. The van der Waals surface area contributed by atoms with Gasteiger partial charge >= 0.3 is 0 Å². The molecule has 1 aliphatic rings.